The Morgan fingerprint density at radius 1 is 1.37 bits per heavy atom. The van der Waals surface area contributed by atoms with Crippen molar-refractivity contribution >= 4 is 11.9 Å². The third kappa shape index (κ3) is 4.99. The molecule has 19 heavy (non-hydrogen) atoms. The van der Waals surface area contributed by atoms with Gasteiger partial charge in [0.05, 0.1) is 13.0 Å². The fourth-order valence-corrected chi connectivity index (χ4v) is 1.58. The highest BCUT2D eigenvalue weighted by atomic mass is 16.5. The van der Waals surface area contributed by atoms with Gasteiger partial charge in [-0.05, 0) is 25.0 Å². The van der Waals surface area contributed by atoms with Crippen LogP contribution in [0.15, 0.2) is 24.3 Å². The summed E-state index contributed by atoms with van der Waals surface area (Å²) in [6, 6.07) is 6.70. The van der Waals surface area contributed by atoms with Gasteiger partial charge >= 0.3 is 5.97 Å². The Labute approximate surface area is 112 Å². The quantitative estimate of drug-likeness (QED) is 0.787. The smallest absolute Gasteiger partial charge is 0.326 e. The monoisotopic (exact) mass is 265 g/mol. The highest BCUT2D eigenvalue weighted by Crippen LogP contribution is 2.16. The van der Waals surface area contributed by atoms with Gasteiger partial charge in [-0.3, -0.25) is 4.79 Å². The van der Waals surface area contributed by atoms with Crippen molar-refractivity contribution in [3.63, 3.8) is 0 Å². The van der Waals surface area contributed by atoms with Crippen LogP contribution in [0.5, 0.6) is 5.75 Å². The van der Waals surface area contributed by atoms with Crippen LogP contribution in [-0.2, 0) is 9.59 Å². The summed E-state index contributed by atoms with van der Waals surface area (Å²) in [6.45, 7) is 3.86. The minimum Gasteiger partial charge on any atom is -0.493 e. The second-order valence-corrected chi connectivity index (χ2v) is 4.23. The number of aliphatic carboxylic acids is 1. The molecule has 1 unspecified atom stereocenters. The predicted molar refractivity (Wildman–Crippen MR) is 71.1 cm³/mol. The first-order chi connectivity index (χ1) is 9.04. The largest absolute Gasteiger partial charge is 0.493 e. The molecule has 0 aromatic heterocycles. The number of carbonyl (C=O) groups excluding carboxylic acids is 1. The van der Waals surface area contributed by atoms with Crippen molar-refractivity contribution in [2.45, 2.75) is 32.7 Å². The van der Waals surface area contributed by atoms with E-state index in [1.165, 1.54) is 0 Å². The number of para-hydroxylation sites is 1. The predicted octanol–water partition coefficient (Wildman–Crippen LogP) is 1.74. The molecule has 2 N–H and O–H groups in total. The Kier molecular flexibility index (Phi) is 5.85. The number of carboxylic acid groups (broad SMARTS) is 1. The van der Waals surface area contributed by atoms with E-state index in [-0.39, 0.29) is 18.9 Å². The second kappa shape index (κ2) is 7.41. The fraction of sp³-hybridized carbons (Fsp3) is 0.429. The van der Waals surface area contributed by atoms with Gasteiger partial charge in [0.1, 0.15) is 11.8 Å². The summed E-state index contributed by atoms with van der Waals surface area (Å²) in [6.07, 6.45) is 0.498. The topological polar surface area (TPSA) is 75.6 Å². The van der Waals surface area contributed by atoms with E-state index < -0.39 is 12.0 Å². The van der Waals surface area contributed by atoms with Gasteiger partial charge in [-0.15, -0.1) is 0 Å². The summed E-state index contributed by atoms with van der Waals surface area (Å²) in [5.41, 5.74) is 1.000. The van der Waals surface area contributed by atoms with E-state index in [4.69, 9.17) is 9.84 Å². The second-order valence-electron chi connectivity index (χ2n) is 4.23. The SMILES string of the molecule is CCC(NC(=O)CCOc1ccccc1C)C(=O)O. The Morgan fingerprint density at radius 3 is 2.63 bits per heavy atom. The molecule has 5 heteroatoms. The average Bonchev–Trinajstić information content (AvgIpc) is 2.38. The standard InChI is InChI=1S/C14H19NO4/c1-3-11(14(17)18)15-13(16)8-9-19-12-7-5-4-6-10(12)2/h4-7,11H,3,8-9H2,1-2H3,(H,15,16)(H,17,18). The molecular weight excluding hydrogens is 246 g/mol. The van der Waals surface area contributed by atoms with E-state index in [0.29, 0.717) is 6.42 Å². The molecule has 1 amide bonds. The maximum atomic E-state index is 11.5. The van der Waals surface area contributed by atoms with E-state index in [1.807, 2.05) is 31.2 Å². The number of amides is 1. The van der Waals surface area contributed by atoms with Crippen LogP contribution in [0.2, 0.25) is 0 Å². The van der Waals surface area contributed by atoms with Crippen molar-refractivity contribution < 1.29 is 19.4 Å². The van der Waals surface area contributed by atoms with Crippen molar-refractivity contribution in [2.75, 3.05) is 6.61 Å². The van der Waals surface area contributed by atoms with Gasteiger partial charge in [0.15, 0.2) is 0 Å². The first-order valence-electron chi connectivity index (χ1n) is 6.25. The lowest BCUT2D eigenvalue weighted by molar-refractivity contribution is -0.142. The van der Waals surface area contributed by atoms with Crippen LogP contribution < -0.4 is 10.1 Å². The zero-order chi connectivity index (χ0) is 14.3. The molecule has 0 spiro atoms. The van der Waals surface area contributed by atoms with E-state index in [1.54, 1.807) is 6.92 Å². The maximum Gasteiger partial charge on any atom is 0.326 e. The van der Waals surface area contributed by atoms with Gasteiger partial charge in [-0.25, -0.2) is 4.79 Å². The molecule has 0 saturated carbocycles. The number of hydrogen-bond acceptors (Lipinski definition) is 3. The third-order valence-corrected chi connectivity index (χ3v) is 2.72. The van der Waals surface area contributed by atoms with Crippen molar-refractivity contribution in [1.29, 1.82) is 0 Å². The molecule has 0 radical (unpaired) electrons. The molecule has 1 aromatic carbocycles. The van der Waals surface area contributed by atoms with E-state index in [0.717, 1.165) is 11.3 Å². The molecule has 0 fully saturated rings. The van der Waals surface area contributed by atoms with Crippen molar-refractivity contribution in [1.82, 2.24) is 5.32 Å². The van der Waals surface area contributed by atoms with Crippen LogP contribution >= 0.6 is 0 Å². The molecule has 5 nitrogen and oxygen atoms in total. The lowest BCUT2D eigenvalue weighted by Gasteiger charge is -2.13. The first kappa shape index (κ1) is 15.0. The highest BCUT2D eigenvalue weighted by molar-refractivity contribution is 5.83. The number of carbonyl (C=O) groups is 2. The van der Waals surface area contributed by atoms with Crippen LogP contribution in [0.25, 0.3) is 0 Å². The Morgan fingerprint density at radius 2 is 2.05 bits per heavy atom. The Balaban J connectivity index is 2.35. The molecule has 1 atom stereocenters. The van der Waals surface area contributed by atoms with Gasteiger partial charge < -0.3 is 15.2 Å². The van der Waals surface area contributed by atoms with Crippen LogP contribution in [0.4, 0.5) is 0 Å². The van der Waals surface area contributed by atoms with Gasteiger partial charge in [-0.1, -0.05) is 25.1 Å². The minimum atomic E-state index is -1.02. The van der Waals surface area contributed by atoms with E-state index in [9.17, 15) is 9.59 Å². The van der Waals surface area contributed by atoms with Crippen molar-refractivity contribution in [3.05, 3.63) is 29.8 Å². The molecule has 0 aliphatic heterocycles. The number of benzene rings is 1. The average molecular weight is 265 g/mol. The molecule has 1 rings (SSSR count). The lowest BCUT2D eigenvalue weighted by atomic mass is 10.2. The summed E-state index contributed by atoms with van der Waals surface area (Å²) >= 11 is 0. The Hall–Kier alpha value is -2.04. The maximum absolute atomic E-state index is 11.5. The molecule has 0 bridgehead atoms. The van der Waals surface area contributed by atoms with Gasteiger partial charge in [0.2, 0.25) is 5.91 Å². The summed E-state index contributed by atoms with van der Waals surface area (Å²) in [5.74, 6) is -0.598. The van der Waals surface area contributed by atoms with Crippen LogP contribution in [-0.4, -0.2) is 29.6 Å². The van der Waals surface area contributed by atoms with E-state index >= 15 is 0 Å². The molecule has 0 saturated heterocycles. The molecule has 1 aromatic rings. The summed E-state index contributed by atoms with van der Waals surface area (Å²) < 4.78 is 5.47. The highest BCUT2D eigenvalue weighted by Gasteiger charge is 2.17. The number of ether oxygens (including phenoxy) is 1. The lowest BCUT2D eigenvalue weighted by Crippen LogP contribution is -2.40. The van der Waals surface area contributed by atoms with Crippen LogP contribution in [0.1, 0.15) is 25.3 Å². The van der Waals surface area contributed by atoms with Crippen LogP contribution in [0.3, 0.4) is 0 Å². The zero-order valence-corrected chi connectivity index (χ0v) is 11.2. The minimum absolute atomic E-state index is 0.137. The zero-order valence-electron chi connectivity index (χ0n) is 11.2. The van der Waals surface area contributed by atoms with Gasteiger partial charge in [0.25, 0.3) is 0 Å². The fourth-order valence-electron chi connectivity index (χ4n) is 1.58. The molecule has 104 valence electrons. The normalized spacial score (nSPS) is 11.7. The number of aryl methyl sites for hydroxylation is 1. The Bertz CT molecular complexity index is 445. The summed E-state index contributed by atoms with van der Waals surface area (Å²) in [7, 11) is 0. The van der Waals surface area contributed by atoms with Crippen molar-refractivity contribution in [3.8, 4) is 5.75 Å². The molecular formula is C14H19NO4. The molecule has 0 aliphatic rings. The molecule has 0 aliphatic carbocycles. The first-order valence-corrected chi connectivity index (χ1v) is 6.25. The number of carboxylic acids is 1. The van der Waals surface area contributed by atoms with Crippen LogP contribution in [0, 0.1) is 6.92 Å². The van der Waals surface area contributed by atoms with Gasteiger partial charge in [-0.2, -0.15) is 0 Å². The summed E-state index contributed by atoms with van der Waals surface area (Å²) in [4.78, 5) is 22.3. The van der Waals surface area contributed by atoms with E-state index in [2.05, 4.69) is 5.32 Å². The van der Waals surface area contributed by atoms with Crippen molar-refractivity contribution in [2.24, 2.45) is 0 Å². The number of hydrogen-bond donors (Lipinski definition) is 2. The third-order valence-electron chi connectivity index (χ3n) is 2.72. The van der Waals surface area contributed by atoms with Gasteiger partial charge in [0, 0.05) is 0 Å². The number of nitrogens with one attached hydrogen (secondary N) is 1. The summed E-state index contributed by atoms with van der Waals surface area (Å²) in [5, 5.41) is 11.3. The molecule has 0 heterocycles. The number of rotatable bonds is 7.